The fourth-order valence-electron chi connectivity index (χ4n) is 5.46. The molecule has 1 amide bonds. The first-order valence-corrected chi connectivity index (χ1v) is 15.0. The summed E-state index contributed by atoms with van der Waals surface area (Å²) < 4.78 is 0. The number of ketones is 1. The van der Waals surface area contributed by atoms with Gasteiger partial charge in [-0.05, 0) is 24.1 Å². The Labute approximate surface area is 238 Å². The lowest BCUT2D eigenvalue weighted by Crippen LogP contribution is -2.30. The number of non-ortho nitro benzene ring substituents is 1. The zero-order valence-corrected chi connectivity index (χ0v) is 23.9. The molecule has 2 aromatic carbocycles. The van der Waals surface area contributed by atoms with Crippen LogP contribution in [-0.4, -0.2) is 33.2 Å². The van der Waals surface area contributed by atoms with Gasteiger partial charge in [0.1, 0.15) is 5.76 Å². The van der Waals surface area contributed by atoms with Crippen LogP contribution in [0.1, 0.15) is 114 Å². The van der Waals surface area contributed by atoms with Gasteiger partial charge >= 0.3 is 0 Å². The van der Waals surface area contributed by atoms with Crippen LogP contribution in [0.4, 0.5) is 5.69 Å². The lowest BCUT2D eigenvalue weighted by atomic mass is 9.95. The van der Waals surface area contributed by atoms with Crippen molar-refractivity contribution in [2.45, 2.75) is 103 Å². The van der Waals surface area contributed by atoms with Gasteiger partial charge in [-0.1, -0.05) is 121 Å². The van der Waals surface area contributed by atoms with E-state index in [9.17, 15) is 24.8 Å². The van der Waals surface area contributed by atoms with Gasteiger partial charge in [0.25, 0.3) is 17.4 Å². The summed E-state index contributed by atoms with van der Waals surface area (Å²) in [5.74, 6) is -1.60. The number of Topliss-reactive ketones (excluding diaryl/α,β-unsaturated/α-hetero) is 1. The molecule has 1 heterocycles. The normalized spacial score (nSPS) is 16.5. The number of amides is 1. The number of hydrogen-bond acceptors (Lipinski definition) is 5. The highest BCUT2D eigenvalue weighted by Gasteiger charge is 2.45. The largest absolute Gasteiger partial charge is 0.507 e. The number of nitro benzene ring substituents is 1. The Morgan fingerprint density at radius 2 is 1.27 bits per heavy atom. The monoisotopic (exact) mass is 548 g/mol. The Balaban J connectivity index is 1.55. The van der Waals surface area contributed by atoms with Crippen LogP contribution in [0.15, 0.2) is 60.2 Å². The van der Waals surface area contributed by atoms with E-state index in [-0.39, 0.29) is 17.0 Å². The minimum atomic E-state index is -0.789. The molecule has 1 N–H and O–H groups in total. The van der Waals surface area contributed by atoms with Crippen molar-refractivity contribution < 1.29 is 19.6 Å². The van der Waals surface area contributed by atoms with Crippen LogP contribution in [0, 0.1) is 10.1 Å². The molecule has 0 aliphatic carbocycles. The number of unbranched alkanes of at least 4 members (excludes halogenated alkanes) is 13. The van der Waals surface area contributed by atoms with Crippen LogP contribution in [0.25, 0.3) is 5.76 Å². The zero-order valence-electron chi connectivity index (χ0n) is 23.9. The minimum Gasteiger partial charge on any atom is -0.507 e. The van der Waals surface area contributed by atoms with Gasteiger partial charge in [-0.3, -0.25) is 19.7 Å². The fourth-order valence-corrected chi connectivity index (χ4v) is 5.46. The van der Waals surface area contributed by atoms with Gasteiger partial charge in [-0.25, -0.2) is 0 Å². The molecule has 0 unspecified atom stereocenters. The molecule has 0 aromatic heterocycles. The third kappa shape index (κ3) is 8.77. The van der Waals surface area contributed by atoms with Gasteiger partial charge in [0.05, 0.1) is 16.5 Å². The van der Waals surface area contributed by atoms with E-state index < -0.39 is 22.7 Å². The molecule has 3 rings (SSSR count). The first-order valence-electron chi connectivity index (χ1n) is 15.0. The number of aliphatic hydroxyl groups is 1. The topological polar surface area (TPSA) is 101 Å². The number of carbonyl (C=O) groups excluding carboxylic acids is 2. The van der Waals surface area contributed by atoms with Crippen molar-refractivity contribution in [2.24, 2.45) is 0 Å². The van der Waals surface area contributed by atoms with Gasteiger partial charge < -0.3 is 10.0 Å². The molecular weight excluding hydrogens is 504 g/mol. The maximum Gasteiger partial charge on any atom is 0.295 e. The number of carbonyl (C=O) groups is 2. The number of benzene rings is 2. The second-order valence-corrected chi connectivity index (χ2v) is 10.8. The molecule has 40 heavy (non-hydrogen) atoms. The highest BCUT2D eigenvalue weighted by atomic mass is 16.6. The summed E-state index contributed by atoms with van der Waals surface area (Å²) in [4.78, 5) is 38.4. The summed E-state index contributed by atoms with van der Waals surface area (Å²) in [5, 5.41) is 22.2. The van der Waals surface area contributed by atoms with Crippen molar-refractivity contribution >= 4 is 23.1 Å². The number of nitrogens with zero attached hydrogens (tertiary/aromatic N) is 2. The van der Waals surface area contributed by atoms with Crippen molar-refractivity contribution in [3.63, 3.8) is 0 Å². The molecule has 1 aliphatic heterocycles. The third-order valence-electron chi connectivity index (χ3n) is 7.76. The fraction of sp³-hybridized carbons (Fsp3) is 0.515. The zero-order chi connectivity index (χ0) is 28.7. The van der Waals surface area contributed by atoms with Crippen molar-refractivity contribution in [2.75, 3.05) is 6.54 Å². The maximum atomic E-state index is 13.1. The number of rotatable bonds is 18. The van der Waals surface area contributed by atoms with Crippen LogP contribution in [-0.2, 0) is 9.59 Å². The summed E-state index contributed by atoms with van der Waals surface area (Å²) in [5.41, 5.74) is 0.961. The summed E-state index contributed by atoms with van der Waals surface area (Å²) >= 11 is 0. The molecule has 1 saturated heterocycles. The lowest BCUT2D eigenvalue weighted by molar-refractivity contribution is -0.384. The van der Waals surface area contributed by atoms with Gasteiger partial charge in [0, 0.05) is 24.2 Å². The standard InChI is InChI=1S/C33H44N2O5/c1-2-3-4-5-6-7-8-9-10-11-12-13-14-18-25-34-30(26-21-23-28(24-22-26)35(39)40)29(32(37)33(34)38)31(36)27-19-16-15-17-20-27/h15-17,19-24,30,36H,2-14,18,25H2,1H3/t30-/m1/s1. The van der Waals surface area contributed by atoms with Crippen LogP contribution in [0.5, 0.6) is 0 Å². The first kappa shape index (κ1) is 31.1. The Bertz CT molecular complexity index is 1130. The van der Waals surface area contributed by atoms with Gasteiger partial charge in [-0.2, -0.15) is 0 Å². The predicted molar refractivity (Wildman–Crippen MR) is 159 cm³/mol. The second kappa shape index (κ2) is 16.6. The van der Waals surface area contributed by atoms with Crippen molar-refractivity contribution in [1.29, 1.82) is 0 Å². The molecule has 1 aliphatic rings. The highest BCUT2D eigenvalue weighted by molar-refractivity contribution is 6.46. The smallest absolute Gasteiger partial charge is 0.295 e. The van der Waals surface area contributed by atoms with Gasteiger partial charge in [-0.15, -0.1) is 0 Å². The van der Waals surface area contributed by atoms with Crippen molar-refractivity contribution in [3.05, 3.63) is 81.4 Å². The quantitative estimate of drug-likeness (QED) is 0.0502. The van der Waals surface area contributed by atoms with Crippen LogP contribution in [0.2, 0.25) is 0 Å². The molecule has 1 fully saturated rings. The van der Waals surface area contributed by atoms with E-state index in [1.807, 2.05) is 0 Å². The minimum absolute atomic E-state index is 0.0235. The van der Waals surface area contributed by atoms with E-state index in [1.165, 1.54) is 81.2 Å². The number of aliphatic hydroxyl groups excluding tert-OH is 1. The predicted octanol–water partition coefficient (Wildman–Crippen LogP) is 8.50. The Morgan fingerprint density at radius 3 is 1.77 bits per heavy atom. The molecule has 1 atom stereocenters. The molecule has 2 aromatic rings. The summed E-state index contributed by atoms with van der Waals surface area (Å²) in [6.07, 6.45) is 17.1. The Kier molecular flexibility index (Phi) is 12.9. The van der Waals surface area contributed by atoms with E-state index in [2.05, 4.69) is 6.92 Å². The molecule has 0 bridgehead atoms. The van der Waals surface area contributed by atoms with Crippen LogP contribution in [0.3, 0.4) is 0 Å². The maximum absolute atomic E-state index is 13.1. The summed E-state index contributed by atoms with van der Waals surface area (Å²) in [6, 6.07) is 13.7. The van der Waals surface area contributed by atoms with E-state index in [1.54, 1.807) is 42.5 Å². The van der Waals surface area contributed by atoms with Gasteiger partial charge in [0.15, 0.2) is 0 Å². The van der Waals surface area contributed by atoms with Crippen LogP contribution >= 0.6 is 0 Å². The van der Waals surface area contributed by atoms with E-state index in [0.29, 0.717) is 17.7 Å². The average molecular weight is 549 g/mol. The Hall–Kier alpha value is -3.48. The molecule has 0 saturated carbocycles. The molecule has 0 radical (unpaired) electrons. The van der Waals surface area contributed by atoms with Crippen molar-refractivity contribution in [1.82, 2.24) is 4.90 Å². The summed E-state index contributed by atoms with van der Waals surface area (Å²) in [7, 11) is 0. The van der Waals surface area contributed by atoms with Gasteiger partial charge in [0.2, 0.25) is 0 Å². The van der Waals surface area contributed by atoms with E-state index in [0.717, 1.165) is 25.7 Å². The molecule has 0 spiro atoms. The van der Waals surface area contributed by atoms with E-state index in [4.69, 9.17) is 0 Å². The van der Waals surface area contributed by atoms with Crippen molar-refractivity contribution in [3.8, 4) is 0 Å². The molecular formula is C33H44N2O5. The number of likely N-dealkylation sites (tertiary alicyclic amines) is 1. The van der Waals surface area contributed by atoms with E-state index >= 15 is 0 Å². The molecule has 216 valence electrons. The average Bonchev–Trinajstić information content (AvgIpc) is 3.22. The SMILES string of the molecule is CCCCCCCCCCCCCCCCN1C(=O)C(=O)C(=C(O)c2ccccc2)[C@H]1c1ccc([N+](=O)[O-])cc1. The number of hydrogen-bond donors (Lipinski definition) is 1. The van der Waals surface area contributed by atoms with Crippen LogP contribution < -0.4 is 0 Å². The third-order valence-corrected chi connectivity index (χ3v) is 7.76. The highest BCUT2D eigenvalue weighted by Crippen LogP contribution is 2.40. The first-order chi connectivity index (χ1) is 19.5. The molecule has 7 heteroatoms. The molecule has 7 nitrogen and oxygen atoms in total. The lowest BCUT2D eigenvalue weighted by Gasteiger charge is -2.25. The Morgan fingerprint density at radius 1 is 0.775 bits per heavy atom. The number of nitro groups is 1. The summed E-state index contributed by atoms with van der Waals surface area (Å²) in [6.45, 7) is 2.63. The second-order valence-electron chi connectivity index (χ2n) is 10.8.